The van der Waals surface area contributed by atoms with Crippen molar-refractivity contribution in [3.8, 4) is 23.0 Å². The zero-order chi connectivity index (χ0) is 50.6. The molecule has 6 rings (SSSR count). The molecule has 0 aliphatic carbocycles. The number of ether oxygens (including phenoxy) is 9. The zero-order valence-electron chi connectivity index (χ0n) is 41.3. The van der Waals surface area contributed by atoms with E-state index < -0.39 is 94.2 Å². The van der Waals surface area contributed by atoms with Crippen molar-refractivity contribution < 1.29 is 87.4 Å². The number of aliphatic hydroxyl groups is 2. The van der Waals surface area contributed by atoms with Gasteiger partial charge >= 0.3 is 11.8 Å². The number of hydrogen-bond donors (Lipinski definition) is 6. The Bertz CT molecular complexity index is 2180. The Morgan fingerprint density at radius 3 is 1.94 bits per heavy atom. The number of ketones is 1. The van der Waals surface area contributed by atoms with Gasteiger partial charge < -0.3 is 78.4 Å². The molecule has 0 spiro atoms. The third-order valence-electron chi connectivity index (χ3n) is 13.2. The number of aliphatic hydroxyl groups excluding tert-OH is 2. The molecule has 2 aromatic rings. The van der Waals surface area contributed by atoms with Gasteiger partial charge in [-0.05, 0) is 25.5 Å². The zero-order valence-corrected chi connectivity index (χ0v) is 41.3. The molecule has 0 radical (unpaired) electrons. The Kier molecular flexibility index (Phi) is 20.2. The number of quaternary nitrogens is 1. The number of methoxy groups -OCH3 is 1. The van der Waals surface area contributed by atoms with E-state index in [4.69, 9.17) is 42.6 Å². The molecule has 19 heteroatoms. The van der Waals surface area contributed by atoms with Crippen molar-refractivity contribution in [1.29, 1.82) is 0 Å². The molecule has 384 valence electrons. The monoisotopic (exact) mass is 972 g/mol. The molecule has 1 amide bonds. The average molecular weight is 973 g/mol. The van der Waals surface area contributed by atoms with Crippen LogP contribution in [0.15, 0.2) is 36.1 Å². The molecular weight excluding hydrogens is 901 g/mol. The molecule has 1 saturated heterocycles. The summed E-state index contributed by atoms with van der Waals surface area (Å²) < 4.78 is 52.3. The van der Waals surface area contributed by atoms with E-state index in [0.29, 0.717) is 65.9 Å². The van der Waals surface area contributed by atoms with Gasteiger partial charge in [0.05, 0.1) is 107 Å². The summed E-state index contributed by atoms with van der Waals surface area (Å²) in [7, 11) is 1.43. The number of aromatic hydroxyl groups is 2. The standard InChI is InChI=1S/C50H72N2O17/c1-28-11-10-12-29(2)49(60)51-40-35(27-52-14-17-62-19-21-64-23-25-66-26-24-65-22-20-63-18-15-52)44(57)37-38(45(40)58)43(56)33(6)47-39(37)48(59)50(8,69-47)67-16-13-36(61-9)30(3)46(68-34(7)53)32(5)42(55)31(4)41(28)54/h10-13,16,28,30-32,36,41-42,46,54-58H,14-15,17-27H2,1-9H3,(H,51,60)/b11-10-,16-13?,29-12-/t28-,30+,31-,32+,36-,41-,42+,46+,50-/m0/s1. The Hall–Kier alpha value is -4.83. The minimum absolute atomic E-state index is 0.0143. The van der Waals surface area contributed by atoms with E-state index in [1.807, 2.05) is 0 Å². The fraction of sp³-hybridized carbons (Fsp3) is 0.620. The van der Waals surface area contributed by atoms with Gasteiger partial charge in [0.2, 0.25) is 0 Å². The van der Waals surface area contributed by atoms with E-state index in [0.717, 1.165) is 4.90 Å². The minimum Gasteiger partial charge on any atom is -0.872 e. The number of hydrogen-bond acceptors (Lipinski definition) is 17. The molecule has 4 aliphatic heterocycles. The van der Waals surface area contributed by atoms with E-state index in [9.17, 15) is 39.9 Å². The summed E-state index contributed by atoms with van der Waals surface area (Å²) in [5.74, 6) is -8.91. The largest absolute Gasteiger partial charge is 0.872 e. The maximum absolute atomic E-state index is 14.7. The van der Waals surface area contributed by atoms with Gasteiger partial charge in [0.25, 0.3) is 11.7 Å². The Balaban J connectivity index is 1.65. The second kappa shape index (κ2) is 25.3. The number of phenols is 2. The molecule has 6 N–H and O–H groups in total. The molecule has 1 fully saturated rings. The van der Waals surface area contributed by atoms with Crippen molar-refractivity contribution in [2.45, 2.75) is 92.1 Å². The third-order valence-corrected chi connectivity index (χ3v) is 13.2. The molecule has 19 nitrogen and oxygen atoms in total. The van der Waals surface area contributed by atoms with Crippen molar-refractivity contribution in [3.63, 3.8) is 0 Å². The highest BCUT2D eigenvalue weighted by Gasteiger charge is 2.49. The normalized spacial score (nSPS) is 30.6. The predicted molar refractivity (Wildman–Crippen MR) is 250 cm³/mol. The molecule has 2 aromatic carbocycles. The molecule has 5 bridgehead atoms. The van der Waals surface area contributed by atoms with E-state index >= 15 is 0 Å². The second-order valence-electron chi connectivity index (χ2n) is 18.2. The number of Topliss-reactive ketones (excluding diaryl/α,β-unsaturated/α-hetero) is 1. The summed E-state index contributed by atoms with van der Waals surface area (Å²) >= 11 is 0. The lowest BCUT2D eigenvalue weighted by atomic mass is 9.78. The van der Waals surface area contributed by atoms with Crippen LogP contribution >= 0.6 is 0 Å². The number of amides is 1. The Labute approximate surface area is 403 Å². The van der Waals surface area contributed by atoms with Gasteiger partial charge in [0, 0.05) is 61.0 Å². The summed E-state index contributed by atoms with van der Waals surface area (Å²) in [5, 5.41) is 64.1. The van der Waals surface area contributed by atoms with Gasteiger partial charge in [-0.1, -0.05) is 51.7 Å². The topological polar surface area (TPSA) is 255 Å². The first-order chi connectivity index (χ1) is 32.8. The molecule has 0 unspecified atom stereocenters. The highest BCUT2D eigenvalue weighted by Crippen LogP contribution is 2.54. The van der Waals surface area contributed by atoms with Crippen molar-refractivity contribution >= 4 is 34.1 Å². The van der Waals surface area contributed by atoms with Gasteiger partial charge in [0.1, 0.15) is 43.0 Å². The smallest absolute Gasteiger partial charge is 0.312 e. The van der Waals surface area contributed by atoms with Crippen LogP contribution in [0, 0.1) is 30.6 Å². The molecular formula is C50H72N2O17. The van der Waals surface area contributed by atoms with Crippen LogP contribution in [0.4, 0.5) is 5.69 Å². The number of phenolic OH excluding ortho intramolecular Hbond substituents is 2. The van der Waals surface area contributed by atoms with Crippen LogP contribution in [0.25, 0.3) is 10.8 Å². The van der Waals surface area contributed by atoms with Crippen LogP contribution in [0.2, 0.25) is 0 Å². The summed E-state index contributed by atoms with van der Waals surface area (Å²) in [6.07, 6.45) is 3.44. The van der Waals surface area contributed by atoms with Gasteiger partial charge in [0.15, 0.2) is 0 Å². The van der Waals surface area contributed by atoms with Crippen LogP contribution < -0.4 is 20.1 Å². The molecule has 4 heterocycles. The number of anilines is 1. The third kappa shape index (κ3) is 13.3. The predicted octanol–water partition coefficient (Wildman–Crippen LogP) is 2.60. The molecule has 0 saturated carbocycles. The fourth-order valence-corrected chi connectivity index (χ4v) is 8.91. The lowest BCUT2D eigenvalue weighted by molar-refractivity contribution is -0.914. The van der Waals surface area contributed by atoms with Crippen molar-refractivity contribution in [2.24, 2.45) is 23.7 Å². The van der Waals surface area contributed by atoms with E-state index in [2.05, 4.69) is 5.32 Å². The van der Waals surface area contributed by atoms with Gasteiger partial charge in [-0.25, -0.2) is 0 Å². The van der Waals surface area contributed by atoms with Crippen LogP contribution in [0.3, 0.4) is 0 Å². The van der Waals surface area contributed by atoms with Gasteiger partial charge in [-0.15, -0.1) is 0 Å². The Morgan fingerprint density at radius 2 is 1.39 bits per heavy atom. The number of esters is 1. The molecule has 9 atom stereocenters. The van der Waals surface area contributed by atoms with E-state index in [-0.39, 0.29) is 58.8 Å². The number of carbonyl (C=O) groups excluding carboxylic acids is 3. The number of allylic oxidation sites excluding steroid dienone is 2. The van der Waals surface area contributed by atoms with E-state index in [1.54, 1.807) is 39.8 Å². The Morgan fingerprint density at radius 1 is 0.826 bits per heavy atom. The first-order valence-corrected chi connectivity index (χ1v) is 23.6. The quantitative estimate of drug-likeness (QED) is 0.146. The van der Waals surface area contributed by atoms with Gasteiger partial charge in [-0.3, -0.25) is 14.4 Å². The van der Waals surface area contributed by atoms with Crippen molar-refractivity contribution in [3.05, 3.63) is 52.8 Å². The second-order valence-corrected chi connectivity index (χ2v) is 18.2. The summed E-state index contributed by atoms with van der Waals surface area (Å²) in [5.41, 5.74) is -0.357. The van der Waals surface area contributed by atoms with Gasteiger partial charge in [-0.2, -0.15) is 0 Å². The fourth-order valence-electron chi connectivity index (χ4n) is 8.91. The highest BCUT2D eigenvalue weighted by atomic mass is 16.7. The molecule has 4 aliphatic rings. The van der Waals surface area contributed by atoms with Crippen LogP contribution in [0.5, 0.6) is 23.0 Å². The number of nitrogens with one attached hydrogen (secondary N) is 2. The highest BCUT2D eigenvalue weighted by molar-refractivity contribution is 6.22. The average Bonchev–Trinajstić information content (AvgIpc) is 3.58. The number of fused-ring (bicyclic) bond motifs is 14. The van der Waals surface area contributed by atoms with E-state index in [1.165, 1.54) is 53.2 Å². The first-order valence-electron chi connectivity index (χ1n) is 23.6. The van der Waals surface area contributed by atoms with Crippen molar-refractivity contribution in [1.82, 2.24) is 0 Å². The molecule has 69 heavy (non-hydrogen) atoms. The van der Waals surface area contributed by atoms with Crippen LogP contribution in [-0.2, 0) is 54.0 Å². The van der Waals surface area contributed by atoms with Crippen LogP contribution in [0.1, 0.15) is 70.0 Å². The lowest BCUT2D eigenvalue weighted by Crippen LogP contribution is -3.11. The first kappa shape index (κ1) is 55.1. The number of carbonyl (C=O) groups is 3. The summed E-state index contributed by atoms with van der Waals surface area (Å²) in [6.45, 7) is 16.4. The molecule has 0 aromatic heterocycles. The summed E-state index contributed by atoms with van der Waals surface area (Å²) in [4.78, 5) is 42.0. The summed E-state index contributed by atoms with van der Waals surface area (Å²) in [6, 6.07) is 0. The minimum atomic E-state index is -2.10. The maximum atomic E-state index is 14.7. The SMILES string of the molecule is CO[C@H]1C=CO[C@@]2(C)Oc3c(C)c([O-])c4c(O)c(c(C[NH+]5CCOCCOCCOCCOCCOCC5)c(O)c4c3C2=O)NC(=O)/C(C)=C\C=C/[C@H](C)[C@H](O)[C@H](C)[C@@H](O)[C@@H](C)[C@H](OC(C)=O)[C@@H]1C. The van der Waals surface area contributed by atoms with Crippen LogP contribution in [-0.4, -0.2) is 155 Å². The lowest BCUT2D eigenvalue weighted by Gasteiger charge is -2.38. The number of benzene rings is 2. The number of rotatable bonds is 4. The maximum Gasteiger partial charge on any atom is 0.312 e. The van der Waals surface area contributed by atoms with Crippen molar-refractivity contribution in [2.75, 3.05) is 91.6 Å².